The van der Waals surface area contributed by atoms with Crippen LogP contribution in [0.25, 0.3) is 5.95 Å². The molecule has 108 valence electrons. The van der Waals surface area contributed by atoms with Crippen LogP contribution in [0.3, 0.4) is 0 Å². The standard InChI is InChI=1S/C11H18N8O/c1-7(20)11(2,3)18-9-15-8(12-4)16-10(17-9)19-6-13-5-14-19/h5-7,20H,1-4H3,(H2,12,15,16,17,18). The fourth-order valence-corrected chi connectivity index (χ4v) is 1.34. The molecule has 0 saturated heterocycles. The van der Waals surface area contributed by atoms with E-state index in [1.807, 2.05) is 13.8 Å². The molecule has 2 aromatic rings. The lowest BCUT2D eigenvalue weighted by Gasteiger charge is -2.29. The van der Waals surface area contributed by atoms with Crippen LogP contribution in [-0.2, 0) is 0 Å². The molecule has 0 aliphatic heterocycles. The zero-order valence-corrected chi connectivity index (χ0v) is 11.9. The lowest BCUT2D eigenvalue weighted by molar-refractivity contribution is 0.132. The Kier molecular flexibility index (Phi) is 3.79. The molecule has 9 nitrogen and oxygen atoms in total. The molecule has 0 radical (unpaired) electrons. The molecule has 0 spiro atoms. The summed E-state index contributed by atoms with van der Waals surface area (Å²) in [6.45, 7) is 5.41. The number of aromatic nitrogens is 6. The Morgan fingerprint density at radius 3 is 2.50 bits per heavy atom. The summed E-state index contributed by atoms with van der Waals surface area (Å²) in [7, 11) is 1.71. The highest BCUT2D eigenvalue weighted by Gasteiger charge is 2.25. The smallest absolute Gasteiger partial charge is 0.258 e. The van der Waals surface area contributed by atoms with Crippen LogP contribution in [0.5, 0.6) is 0 Å². The summed E-state index contributed by atoms with van der Waals surface area (Å²) < 4.78 is 1.43. The number of nitrogens with one attached hydrogen (secondary N) is 2. The highest BCUT2D eigenvalue weighted by atomic mass is 16.3. The molecule has 0 bridgehead atoms. The molecule has 0 fully saturated rings. The highest BCUT2D eigenvalue weighted by Crippen LogP contribution is 2.16. The maximum absolute atomic E-state index is 9.74. The second-order valence-electron chi connectivity index (χ2n) is 4.90. The lowest BCUT2D eigenvalue weighted by Crippen LogP contribution is -2.42. The van der Waals surface area contributed by atoms with Crippen molar-refractivity contribution in [1.82, 2.24) is 29.7 Å². The number of aliphatic hydroxyl groups excluding tert-OH is 1. The first-order valence-electron chi connectivity index (χ1n) is 6.17. The summed E-state index contributed by atoms with van der Waals surface area (Å²) in [5, 5.41) is 19.7. The molecule has 0 saturated carbocycles. The van der Waals surface area contributed by atoms with E-state index >= 15 is 0 Å². The second kappa shape index (κ2) is 5.37. The first-order valence-corrected chi connectivity index (χ1v) is 6.17. The van der Waals surface area contributed by atoms with Gasteiger partial charge in [-0.3, -0.25) is 0 Å². The molecule has 3 N–H and O–H groups in total. The van der Waals surface area contributed by atoms with E-state index in [4.69, 9.17) is 0 Å². The third-order valence-electron chi connectivity index (χ3n) is 2.95. The van der Waals surface area contributed by atoms with Crippen LogP contribution in [0.1, 0.15) is 20.8 Å². The first kappa shape index (κ1) is 14.1. The van der Waals surface area contributed by atoms with Gasteiger partial charge in [-0.2, -0.15) is 24.7 Å². The monoisotopic (exact) mass is 278 g/mol. The summed E-state index contributed by atoms with van der Waals surface area (Å²) in [5.74, 6) is 1.08. The van der Waals surface area contributed by atoms with Gasteiger partial charge in [0.15, 0.2) is 0 Å². The largest absolute Gasteiger partial charge is 0.391 e. The molecule has 0 aliphatic rings. The summed E-state index contributed by atoms with van der Waals surface area (Å²) in [6.07, 6.45) is 2.32. The molecule has 2 heterocycles. The van der Waals surface area contributed by atoms with E-state index in [9.17, 15) is 5.11 Å². The zero-order valence-electron chi connectivity index (χ0n) is 11.9. The Hall–Kier alpha value is -2.29. The SMILES string of the molecule is CNc1nc(NC(C)(C)C(C)O)nc(-n2cncn2)n1. The third-order valence-corrected chi connectivity index (χ3v) is 2.95. The summed E-state index contributed by atoms with van der Waals surface area (Å²) in [4.78, 5) is 16.5. The quantitative estimate of drug-likeness (QED) is 0.704. The number of hydrogen-bond acceptors (Lipinski definition) is 8. The van der Waals surface area contributed by atoms with E-state index in [1.165, 1.54) is 17.3 Å². The van der Waals surface area contributed by atoms with Gasteiger partial charge in [0.25, 0.3) is 5.95 Å². The van der Waals surface area contributed by atoms with Crippen LogP contribution in [-0.4, -0.2) is 53.5 Å². The number of nitrogens with zero attached hydrogens (tertiary/aromatic N) is 6. The van der Waals surface area contributed by atoms with E-state index in [2.05, 4.69) is 35.7 Å². The number of hydrogen-bond donors (Lipinski definition) is 3. The normalized spacial score (nSPS) is 13.1. The molecular weight excluding hydrogens is 260 g/mol. The molecule has 0 aromatic carbocycles. The van der Waals surface area contributed by atoms with Crippen molar-refractivity contribution in [3.8, 4) is 5.95 Å². The van der Waals surface area contributed by atoms with Crippen molar-refractivity contribution in [2.24, 2.45) is 0 Å². The van der Waals surface area contributed by atoms with E-state index in [1.54, 1.807) is 14.0 Å². The minimum absolute atomic E-state index is 0.339. The molecule has 0 amide bonds. The Balaban J connectivity index is 2.36. The lowest BCUT2D eigenvalue weighted by atomic mass is 9.99. The molecule has 1 atom stereocenters. The Labute approximate surface area is 116 Å². The second-order valence-corrected chi connectivity index (χ2v) is 4.90. The highest BCUT2D eigenvalue weighted by molar-refractivity contribution is 5.39. The van der Waals surface area contributed by atoms with Gasteiger partial charge in [-0.25, -0.2) is 4.98 Å². The molecule has 20 heavy (non-hydrogen) atoms. The van der Waals surface area contributed by atoms with Crippen molar-refractivity contribution < 1.29 is 5.11 Å². The topological polar surface area (TPSA) is 114 Å². The van der Waals surface area contributed by atoms with Gasteiger partial charge in [-0.15, -0.1) is 0 Å². The minimum atomic E-state index is -0.577. The van der Waals surface area contributed by atoms with Crippen molar-refractivity contribution >= 4 is 11.9 Å². The van der Waals surface area contributed by atoms with Crippen LogP contribution in [0.4, 0.5) is 11.9 Å². The van der Waals surface area contributed by atoms with Crippen molar-refractivity contribution in [2.75, 3.05) is 17.7 Å². The zero-order chi connectivity index (χ0) is 14.8. The van der Waals surface area contributed by atoms with Crippen molar-refractivity contribution in [3.05, 3.63) is 12.7 Å². The molecular formula is C11H18N8O. The van der Waals surface area contributed by atoms with Gasteiger partial charge in [0.05, 0.1) is 11.6 Å². The van der Waals surface area contributed by atoms with E-state index in [0.717, 1.165) is 0 Å². The van der Waals surface area contributed by atoms with E-state index in [-0.39, 0.29) is 0 Å². The van der Waals surface area contributed by atoms with Gasteiger partial charge in [-0.1, -0.05) is 0 Å². The predicted octanol–water partition coefficient (Wildman–Crippen LogP) is 0.0653. The third kappa shape index (κ3) is 2.99. The van der Waals surface area contributed by atoms with Crippen LogP contribution < -0.4 is 10.6 Å². The summed E-state index contributed by atoms with van der Waals surface area (Å²) >= 11 is 0. The van der Waals surface area contributed by atoms with E-state index < -0.39 is 11.6 Å². The molecule has 1 unspecified atom stereocenters. The van der Waals surface area contributed by atoms with Gasteiger partial charge >= 0.3 is 0 Å². The average molecular weight is 278 g/mol. The molecule has 9 heteroatoms. The summed E-state index contributed by atoms with van der Waals surface area (Å²) in [5.41, 5.74) is -0.577. The molecule has 2 rings (SSSR count). The van der Waals surface area contributed by atoms with Crippen molar-refractivity contribution in [1.29, 1.82) is 0 Å². The van der Waals surface area contributed by atoms with Crippen LogP contribution in [0.2, 0.25) is 0 Å². The minimum Gasteiger partial charge on any atom is -0.391 e. The number of rotatable bonds is 5. The predicted molar refractivity (Wildman–Crippen MR) is 73.7 cm³/mol. The van der Waals surface area contributed by atoms with Gasteiger partial charge in [-0.05, 0) is 20.8 Å². The average Bonchev–Trinajstić information content (AvgIpc) is 2.91. The fraction of sp³-hybridized carbons (Fsp3) is 0.545. The Morgan fingerprint density at radius 1 is 1.25 bits per heavy atom. The van der Waals surface area contributed by atoms with Gasteiger partial charge in [0, 0.05) is 7.05 Å². The van der Waals surface area contributed by atoms with Crippen LogP contribution >= 0.6 is 0 Å². The van der Waals surface area contributed by atoms with Gasteiger partial charge < -0.3 is 15.7 Å². The summed E-state index contributed by atoms with van der Waals surface area (Å²) in [6, 6.07) is 0. The Morgan fingerprint density at radius 2 is 1.95 bits per heavy atom. The van der Waals surface area contributed by atoms with Gasteiger partial charge in [0.2, 0.25) is 11.9 Å². The van der Waals surface area contributed by atoms with Crippen molar-refractivity contribution in [3.63, 3.8) is 0 Å². The van der Waals surface area contributed by atoms with Gasteiger partial charge in [0.1, 0.15) is 12.7 Å². The van der Waals surface area contributed by atoms with E-state index in [0.29, 0.717) is 17.8 Å². The number of anilines is 2. The van der Waals surface area contributed by atoms with Crippen LogP contribution in [0.15, 0.2) is 12.7 Å². The number of aliphatic hydroxyl groups is 1. The maximum Gasteiger partial charge on any atom is 0.258 e. The molecule has 0 aliphatic carbocycles. The van der Waals surface area contributed by atoms with Crippen molar-refractivity contribution in [2.45, 2.75) is 32.4 Å². The fourth-order valence-electron chi connectivity index (χ4n) is 1.34. The molecule has 2 aromatic heterocycles. The first-order chi connectivity index (χ1) is 9.42. The maximum atomic E-state index is 9.74. The Bertz CT molecular complexity index is 566. The van der Waals surface area contributed by atoms with Crippen LogP contribution in [0, 0.1) is 0 Å².